The minimum atomic E-state index is -0.587. The molecular formula is C81H91N15O10. The van der Waals surface area contributed by atoms with Crippen molar-refractivity contribution in [2.75, 3.05) is 75.5 Å². The van der Waals surface area contributed by atoms with Crippen LogP contribution in [0.1, 0.15) is 114 Å². The van der Waals surface area contributed by atoms with Crippen molar-refractivity contribution in [2.45, 2.75) is 95.4 Å². The molecule has 25 nitrogen and oxygen atoms in total. The predicted octanol–water partition coefficient (Wildman–Crippen LogP) is 12.8. The van der Waals surface area contributed by atoms with E-state index in [2.05, 4.69) is 35.7 Å². The Morgan fingerprint density at radius 2 is 0.764 bits per heavy atom. The van der Waals surface area contributed by atoms with E-state index in [0.717, 1.165) is 85.3 Å². The van der Waals surface area contributed by atoms with Crippen molar-refractivity contribution in [1.29, 1.82) is 0 Å². The Labute approximate surface area is 616 Å². The Hall–Kier alpha value is -12.3. The zero-order valence-corrected chi connectivity index (χ0v) is 60.0. The number of nitrogens with two attached hydrogens (primary N) is 3. The van der Waals surface area contributed by atoms with Gasteiger partial charge in [0.2, 0.25) is 17.7 Å². The molecule has 4 fully saturated rings. The van der Waals surface area contributed by atoms with Gasteiger partial charge in [0.25, 0.3) is 17.7 Å². The zero-order chi connectivity index (χ0) is 74.8. The monoisotopic (exact) mass is 1430 g/mol. The normalized spacial score (nSPS) is 16.2. The molecule has 3 atom stereocenters. The summed E-state index contributed by atoms with van der Waals surface area (Å²) in [6.45, 7) is 19.2. The summed E-state index contributed by atoms with van der Waals surface area (Å²) in [5.41, 5.74) is 22.4. The van der Waals surface area contributed by atoms with Crippen LogP contribution in [0.25, 0.3) is 33.8 Å². The van der Waals surface area contributed by atoms with Crippen LogP contribution in [0.15, 0.2) is 202 Å². The molecule has 6 amide bonds. The van der Waals surface area contributed by atoms with Gasteiger partial charge >= 0.3 is 0 Å². The number of methoxy groups -OCH3 is 1. The standard InChI is InChI=1S/C27H31N5O4.C27H29N5O3.C27H31N5O3/c1-3-23(33)31-16-7-8-20(18-31)32-27(29-15-17-35-2)24(26(28)34)25(30-32)19-11-13-22(14-12-19)36-21-9-5-4-6-10-21;1-2-23(33)31-16-6-7-20(17-31)32-27(29-19-12-13-19)24(26(28)34)25(30-32)18-10-14-22(15-11-18)35-21-8-4-3-5-9-21;1-4-23(33)31-16-8-9-20(17-31)32-27(29-18(2)3)24(26(28)34)25(30-32)19-12-14-22(15-13-19)35-21-10-6-5-7-11-21/h3-6,9-14,20,29H,1,7-8,15-18H2,2H3,(H2,28,34);2-5,8-11,14-15,19-20,29H,1,6-7,12-13,16-17H2,(H2,28,34);4-7,10-15,18,20,29H,1,8-9,16-17H2,2-3H3,(H2,28,34). The lowest BCUT2D eigenvalue weighted by Crippen LogP contribution is -2.40. The van der Waals surface area contributed by atoms with Gasteiger partial charge in [-0.1, -0.05) is 74.3 Å². The lowest BCUT2D eigenvalue weighted by molar-refractivity contribution is -0.128. The van der Waals surface area contributed by atoms with Crippen molar-refractivity contribution < 1.29 is 47.7 Å². The smallest absolute Gasteiger partial charge is 0.254 e. The van der Waals surface area contributed by atoms with Gasteiger partial charge in [-0.2, -0.15) is 15.3 Å². The molecule has 1 saturated carbocycles. The number of primary amides is 3. The Morgan fingerprint density at radius 1 is 0.453 bits per heavy atom. The van der Waals surface area contributed by atoms with Gasteiger partial charge in [0.05, 0.1) is 24.7 Å². The molecule has 9 N–H and O–H groups in total. The van der Waals surface area contributed by atoms with Crippen molar-refractivity contribution in [3.63, 3.8) is 0 Å². The van der Waals surface area contributed by atoms with Crippen molar-refractivity contribution in [3.8, 4) is 68.3 Å². The molecule has 9 aromatic rings. The lowest BCUT2D eigenvalue weighted by Gasteiger charge is -2.33. The van der Waals surface area contributed by atoms with E-state index in [-0.39, 0.29) is 41.9 Å². The average molecular weight is 1430 g/mol. The molecule has 0 radical (unpaired) electrons. The van der Waals surface area contributed by atoms with Crippen LogP contribution in [0.5, 0.6) is 34.5 Å². The molecule has 6 heterocycles. The van der Waals surface area contributed by atoms with Crippen LogP contribution in [0.3, 0.4) is 0 Å². The summed E-state index contributed by atoms with van der Waals surface area (Å²) >= 11 is 0. The minimum Gasteiger partial charge on any atom is -0.457 e. The number of hydrogen-bond donors (Lipinski definition) is 6. The Kier molecular flexibility index (Phi) is 24.9. The number of carbonyl (C=O) groups is 6. The van der Waals surface area contributed by atoms with Crippen molar-refractivity contribution in [1.82, 2.24) is 44.0 Å². The summed E-state index contributed by atoms with van der Waals surface area (Å²) in [7, 11) is 1.61. The van der Waals surface area contributed by atoms with Gasteiger partial charge in [-0.3, -0.25) is 28.8 Å². The first kappa shape index (κ1) is 74.9. The topological polar surface area (TPSA) is 317 Å². The molecule has 3 aromatic heterocycles. The number of nitrogens with one attached hydrogen (secondary N) is 3. The second-order valence-corrected chi connectivity index (χ2v) is 26.5. The summed E-state index contributed by atoms with van der Waals surface area (Å²) in [5, 5.41) is 24.7. The highest BCUT2D eigenvalue weighted by molar-refractivity contribution is 6.05. The second kappa shape index (κ2) is 35.3. The zero-order valence-electron chi connectivity index (χ0n) is 60.0. The minimum absolute atomic E-state index is 0.0487. The second-order valence-electron chi connectivity index (χ2n) is 26.5. The molecule has 1 aliphatic carbocycles. The van der Waals surface area contributed by atoms with Crippen LogP contribution in [0, 0.1) is 0 Å². The summed E-state index contributed by atoms with van der Waals surface area (Å²) < 4.78 is 28.4. The summed E-state index contributed by atoms with van der Waals surface area (Å²) in [6, 6.07) is 50.9. The van der Waals surface area contributed by atoms with Crippen LogP contribution in [0.2, 0.25) is 0 Å². The third kappa shape index (κ3) is 18.6. The molecule has 6 aromatic carbocycles. The molecule has 550 valence electrons. The number of aromatic nitrogens is 6. The maximum absolute atomic E-state index is 12.7. The van der Waals surface area contributed by atoms with Crippen LogP contribution in [-0.4, -0.2) is 151 Å². The van der Waals surface area contributed by atoms with Crippen molar-refractivity contribution >= 4 is 52.9 Å². The van der Waals surface area contributed by atoms with Gasteiger partial charge in [-0.05, 0) is 193 Å². The largest absolute Gasteiger partial charge is 0.457 e. The maximum Gasteiger partial charge on any atom is 0.254 e. The number of rotatable bonds is 26. The summed E-state index contributed by atoms with van der Waals surface area (Å²) in [4.78, 5) is 80.0. The first-order valence-electron chi connectivity index (χ1n) is 35.7. The fourth-order valence-corrected chi connectivity index (χ4v) is 13.2. The van der Waals surface area contributed by atoms with E-state index < -0.39 is 17.7 Å². The molecule has 3 saturated heterocycles. The molecule has 0 spiro atoms. The first-order valence-corrected chi connectivity index (χ1v) is 35.7. The number of ether oxygens (including phenoxy) is 4. The fourth-order valence-electron chi connectivity index (χ4n) is 13.2. The van der Waals surface area contributed by atoms with Gasteiger partial charge in [0, 0.05) is 81.7 Å². The van der Waals surface area contributed by atoms with Gasteiger partial charge < -0.3 is 66.8 Å². The first-order chi connectivity index (χ1) is 51.4. The van der Waals surface area contributed by atoms with Crippen LogP contribution >= 0.6 is 0 Å². The van der Waals surface area contributed by atoms with E-state index in [1.807, 2.05) is 187 Å². The molecule has 25 heteroatoms. The Morgan fingerprint density at radius 3 is 1.08 bits per heavy atom. The highest BCUT2D eigenvalue weighted by Crippen LogP contribution is 2.40. The number of hydrogen-bond acceptors (Lipinski definition) is 16. The van der Waals surface area contributed by atoms with Gasteiger partial charge in [-0.25, -0.2) is 14.0 Å². The Balaban J connectivity index is 0.000000159. The van der Waals surface area contributed by atoms with E-state index in [1.54, 1.807) is 26.5 Å². The van der Waals surface area contributed by atoms with Crippen molar-refractivity contribution in [2.24, 2.45) is 17.2 Å². The van der Waals surface area contributed by atoms with Crippen LogP contribution < -0.4 is 47.4 Å². The summed E-state index contributed by atoms with van der Waals surface area (Å²) in [6.07, 6.45) is 11.1. The molecule has 3 aliphatic heterocycles. The number of nitrogens with zero attached hydrogens (tertiary/aromatic N) is 9. The molecule has 0 bridgehead atoms. The number of carbonyl (C=O) groups excluding carboxylic acids is 6. The molecule has 13 rings (SSSR count). The number of piperidine rings is 3. The van der Waals surface area contributed by atoms with E-state index in [9.17, 15) is 28.8 Å². The third-order valence-corrected chi connectivity index (χ3v) is 18.4. The van der Waals surface area contributed by atoms with Gasteiger partial charge in [-0.15, -0.1) is 0 Å². The van der Waals surface area contributed by atoms with Crippen LogP contribution in [0.4, 0.5) is 17.5 Å². The average Bonchev–Trinajstić information content (AvgIpc) is 1.63. The third-order valence-electron chi connectivity index (χ3n) is 18.4. The van der Waals surface area contributed by atoms with E-state index in [1.165, 1.54) is 18.2 Å². The van der Waals surface area contributed by atoms with E-state index in [0.29, 0.717) is 127 Å². The van der Waals surface area contributed by atoms with E-state index >= 15 is 0 Å². The number of amides is 6. The highest BCUT2D eigenvalue weighted by atomic mass is 16.5. The molecule has 106 heavy (non-hydrogen) atoms. The van der Waals surface area contributed by atoms with E-state index in [4.69, 9.17) is 51.4 Å². The molecular weight excluding hydrogens is 1340 g/mol. The van der Waals surface area contributed by atoms with Crippen molar-refractivity contribution in [3.05, 3.63) is 218 Å². The molecule has 3 unspecified atom stereocenters. The quantitative estimate of drug-likeness (QED) is 0.0217. The molecule has 4 aliphatic rings. The maximum atomic E-state index is 12.7. The number of benzene rings is 6. The SMILES string of the molecule is C=CC(=O)N1CCCC(n2nc(-c3ccc(Oc4ccccc4)cc3)c(C(N)=O)c2NC(C)C)C1.C=CC(=O)N1CCCC(n2nc(-c3ccc(Oc4ccccc4)cc3)c(C(N)=O)c2NC2CC2)C1.C=CC(=O)N1CCCC(n2nc(-c3ccc(Oc4ccccc4)cc3)c(C(N)=O)c2NCCOC)C1. The lowest BCUT2D eigenvalue weighted by atomic mass is 10.0. The summed E-state index contributed by atoms with van der Waals surface area (Å²) in [5.74, 6) is 3.96. The predicted molar refractivity (Wildman–Crippen MR) is 409 cm³/mol. The number of likely N-dealkylation sites (tertiary alicyclic amines) is 3. The van der Waals surface area contributed by atoms with Gasteiger partial charge in [0.1, 0.15) is 85.7 Å². The van der Waals surface area contributed by atoms with Crippen LogP contribution in [-0.2, 0) is 19.1 Å². The number of anilines is 3. The Bertz CT molecular complexity index is 4370. The van der Waals surface area contributed by atoms with Gasteiger partial charge in [0.15, 0.2) is 0 Å². The fraction of sp³-hybridized carbons (Fsp3) is 0.296. The highest BCUT2D eigenvalue weighted by Gasteiger charge is 2.36. The number of para-hydroxylation sites is 3.